The largest absolute Gasteiger partial charge is 0.479 e. The highest BCUT2D eigenvalue weighted by Crippen LogP contribution is 2.16. The molecule has 0 saturated heterocycles. The van der Waals surface area contributed by atoms with E-state index in [1.807, 2.05) is 13.0 Å². The van der Waals surface area contributed by atoms with Crippen LogP contribution in [-0.2, 0) is 11.2 Å². The maximum absolute atomic E-state index is 11.5. The van der Waals surface area contributed by atoms with E-state index < -0.39 is 12.1 Å². The smallest absolute Gasteiger partial charge is 0.334 e. The highest BCUT2D eigenvalue weighted by molar-refractivity contribution is 7.14. The van der Waals surface area contributed by atoms with Crippen LogP contribution in [0.1, 0.15) is 21.5 Å². The first kappa shape index (κ1) is 12.7. The number of aliphatic hydroxyl groups is 1. The number of nitrogens with one attached hydrogen (secondary N) is 1. The summed E-state index contributed by atoms with van der Waals surface area (Å²) in [5, 5.41) is 19.7. The molecule has 0 aliphatic rings. The molecule has 1 amide bonds. The molecule has 16 heavy (non-hydrogen) atoms. The fourth-order valence-corrected chi connectivity index (χ4v) is 1.92. The van der Waals surface area contributed by atoms with E-state index in [0.717, 1.165) is 11.3 Å². The lowest BCUT2D eigenvalue weighted by atomic mass is 10.3. The second-order valence-corrected chi connectivity index (χ2v) is 4.35. The van der Waals surface area contributed by atoms with Gasteiger partial charge in [-0.2, -0.15) is 0 Å². The molecular weight excluding hydrogens is 230 g/mol. The summed E-state index contributed by atoms with van der Waals surface area (Å²) in [5.74, 6) is -1.70. The van der Waals surface area contributed by atoms with Gasteiger partial charge in [-0.25, -0.2) is 4.79 Å². The Labute approximate surface area is 96.7 Å². The summed E-state index contributed by atoms with van der Waals surface area (Å²) in [6.45, 7) is 1.70. The number of carboxylic acids is 1. The third kappa shape index (κ3) is 3.32. The lowest BCUT2D eigenvalue weighted by Crippen LogP contribution is -2.36. The lowest BCUT2D eigenvalue weighted by Gasteiger charge is -2.06. The van der Waals surface area contributed by atoms with E-state index in [2.05, 4.69) is 5.32 Å². The first-order chi connectivity index (χ1) is 7.54. The van der Waals surface area contributed by atoms with Gasteiger partial charge in [0.1, 0.15) is 0 Å². The quantitative estimate of drug-likeness (QED) is 0.702. The summed E-state index contributed by atoms with van der Waals surface area (Å²) >= 11 is 1.36. The molecule has 1 rings (SSSR count). The van der Waals surface area contributed by atoms with E-state index in [-0.39, 0.29) is 12.5 Å². The van der Waals surface area contributed by atoms with Crippen LogP contribution in [0, 0.1) is 0 Å². The van der Waals surface area contributed by atoms with Crippen LogP contribution < -0.4 is 5.32 Å². The fourth-order valence-electron chi connectivity index (χ4n) is 1.05. The number of carboxylic acid groups (broad SMARTS) is 1. The second-order valence-electron chi connectivity index (χ2n) is 3.18. The van der Waals surface area contributed by atoms with Crippen molar-refractivity contribution in [3.05, 3.63) is 21.9 Å². The molecule has 5 nitrogen and oxygen atoms in total. The van der Waals surface area contributed by atoms with Crippen molar-refractivity contribution < 1.29 is 19.8 Å². The molecule has 0 fully saturated rings. The molecule has 0 aliphatic heterocycles. The van der Waals surface area contributed by atoms with Crippen molar-refractivity contribution in [2.24, 2.45) is 0 Å². The number of hydrogen-bond donors (Lipinski definition) is 3. The molecule has 6 heteroatoms. The number of hydrogen-bond acceptors (Lipinski definition) is 4. The molecule has 88 valence electrons. The predicted octanol–water partition coefficient (Wildman–Crippen LogP) is 0.486. The van der Waals surface area contributed by atoms with Crippen molar-refractivity contribution in [1.82, 2.24) is 5.32 Å². The molecule has 0 spiro atoms. The number of aliphatic hydroxyl groups excluding tert-OH is 1. The zero-order chi connectivity index (χ0) is 12.1. The monoisotopic (exact) mass is 243 g/mol. The van der Waals surface area contributed by atoms with Gasteiger partial charge in [-0.05, 0) is 18.6 Å². The number of rotatable bonds is 5. The number of amides is 1. The maximum Gasteiger partial charge on any atom is 0.334 e. The van der Waals surface area contributed by atoms with Crippen LogP contribution >= 0.6 is 11.3 Å². The Morgan fingerprint density at radius 2 is 2.19 bits per heavy atom. The van der Waals surface area contributed by atoms with Crippen LogP contribution in [0.3, 0.4) is 0 Å². The van der Waals surface area contributed by atoms with Gasteiger partial charge in [-0.3, -0.25) is 4.79 Å². The first-order valence-corrected chi connectivity index (χ1v) is 5.64. The van der Waals surface area contributed by atoms with Crippen molar-refractivity contribution in [2.75, 3.05) is 6.54 Å². The zero-order valence-corrected chi connectivity index (χ0v) is 9.58. The summed E-state index contributed by atoms with van der Waals surface area (Å²) < 4.78 is 0. The molecule has 1 aromatic heterocycles. The Hall–Kier alpha value is -1.40. The standard InChI is InChI=1S/C10H13NO4S/c1-2-6-3-4-8(16-6)9(13)11-5-7(12)10(14)15/h3-4,7,12H,2,5H2,1H3,(H,11,13)(H,14,15)/t7-/m0/s1. The van der Waals surface area contributed by atoms with Crippen LogP contribution in [0.2, 0.25) is 0 Å². The van der Waals surface area contributed by atoms with Crippen molar-refractivity contribution in [1.29, 1.82) is 0 Å². The first-order valence-electron chi connectivity index (χ1n) is 4.82. The minimum Gasteiger partial charge on any atom is -0.479 e. The van der Waals surface area contributed by atoms with Gasteiger partial charge in [0.2, 0.25) is 0 Å². The summed E-state index contributed by atoms with van der Waals surface area (Å²) in [7, 11) is 0. The third-order valence-corrected chi connectivity index (χ3v) is 3.20. The van der Waals surface area contributed by atoms with Gasteiger partial charge < -0.3 is 15.5 Å². The van der Waals surface area contributed by atoms with E-state index in [0.29, 0.717) is 4.88 Å². The SMILES string of the molecule is CCc1ccc(C(=O)NC[C@H](O)C(=O)O)s1. The topological polar surface area (TPSA) is 86.6 Å². The average molecular weight is 243 g/mol. The third-order valence-electron chi connectivity index (χ3n) is 1.97. The van der Waals surface area contributed by atoms with E-state index in [1.165, 1.54) is 11.3 Å². The van der Waals surface area contributed by atoms with E-state index in [1.54, 1.807) is 6.07 Å². The van der Waals surface area contributed by atoms with Gasteiger partial charge in [0.15, 0.2) is 6.10 Å². The Morgan fingerprint density at radius 3 is 2.69 bits per heavy atom. The number of carbonyl (C=O) groups excluding carboxylic acids is 1. The summed E-state index contributed by atoms with van der Waals surface area (Å²) in [5.41, 5.74) is 0. The molecule has 0 unspecified atom stereocenters. The molecule has 3 N–H and O–H groups in total. The highest BCUT2D eigenvalue weighted by atomic mass is 32.1. The Balaban J connectivity index is 2.49. The Morgan fingerprint density at radius 1 is 1.50 bits per heavy atom. The van der Waals surface area contributed by atoms with Crippen LogP contribution in [0.5, 0.6) is 0 Å². The maximum atomic E-state index is 11.5. The molecule has 0 radical (unpaired) electrons. The molecule has 1 atom stereocenters. The number of aryl methyl sites for hydroxylation is 1. The van der Waals surface area contributed by atoms with Crippen molar-refractivity contribution in [3.8, 4) is 0 Å². The van der Waals surface area contributed by atoms with Gasteiger partial charge in [-0.1, -0.05) is 6.92 Å². The highest BCUT2D eigenvalue weighted by Gasteiger charge is 2.15. The summed E-state index contributed by atoms with van der Waals surface area (Å²) in [6.07, 6.45) is -0.704. The molecule has 1 heterocycles. The van der Waals surface area contributed by atoms with Gasteiger partial charge in [0, 0.05) is 4.88 Å². The van der Waals surface area contributed by atoms with Gasteiger partial charge in [-0.15, -0.1) is 11.3 Å². The Kier molecular flexibility index (Phi) is 4.45. The minimum absolute atomic E-state index is 0.284. The molecule has 0 aromatic carbocycles. The van der Waals surface area contributed by atoms with Crippen LogP contribution in [0.15, 0.2) is 12.1 Å². The Bertz CT molecular complexity index is 388. The molecule has 0 saturated carbocycles. The fraction of sp³-hybridized carbons (Fsp3) is 0.400. The van der Waals surface area contributed by atoms with E-state index in [4.69, 9.17) is 10.2 Å². The van der Waals surface area contributed by atoms with Crippen molar-refractivity contribution >= 4 is 23.2 Å². The zero-order valence-electron chi connectivity index (χ0n) is 8.77. The summed E-state index contributed by atoms with van der Waals surface area (Å²) in [6, 6.07) is 3.54. The van der Waals surface area contributed by atoms with Crippen LogP contribution in [0.25, 0.3) is 0 Å². The molecular formula is C10H13NO4S. The van der Waals surface area contributed by atoms with Gasteiger partial charge in [0.05, 0.1) is 11.4 Å². The number of carbonyl (C=O) groups is 2. The average Bonchev–Trinajstić information content (AvgIpc) is 2.73. The van der Waals surface area contributed by atoms with Crippen LogP contribution in [-0.4, -0.2) is 34.7 Å². The normalized spacial score (nSPS) is 12.1. The number of thiophene rings is 1. The summed E-state index contributed by atoms with van der Waals surface area (Å²) in [4.78, 5) is 23.4. The van der Waals surface area contributed by atoms with Crippen molar-refractivity contribution in [3.63, 3.8) is 0 Å². The van der Waals surface area contributed by atoms with Crippen LogP contribution in [0.4, 0.5) is 0 Å². The van der Waals surface area contributed by atoms with E-state index >= 15 is 0 Å². The lowest BCUT2D eigenvalue weighted by molar-refractivity contribution is -0.146. The molecule has 1 aromatic rings. The molecule has 0 aliphatic carbocycles. The minimum atomic E-state index is -1.56. The van der Waals surface area contributed by atoms with E-state index in [9.17, 15) is 9.59 Å². The number of aliphatic carboxylic acids is 1. The van der Waals surface area contributed by atoms with Crippen molar-refractivity contribution in [2.45, 2.75) is 19.4 Å². The van der Waals surface area contributed by atoms with Gasteiger partial charge in [0.25, 0.3) is 5.91 Å². The van der Waals surface area contributed by atoms with Gasteiger partial charge >= 0.3 is 5.97 Å². The second kappa shape index (κ2) is 5.62. The molecule has 0 bridgehead atoms. The predicted molar refractivity (Wildman–Crippen MR) is 59.7 cm³/mol.